The van der Waals surface area contributed by atoms with E-state index in [1.54, 1.807) is 0 Å². The second-order valence-electron chi connectivity index (χ2n) is 2.92. The van der Waals surface area contributed by atoms with Crippen LogP contribution in [0.5, 0.6) is 0 Å². The van der Waals surface area contributed by atoms with E-state index in [1.807, 2.05) is 12.2 Å². The van der Waals surface area contributed by atoms with E-state index in [4.69, 9.17) is 5.11 Å². The van der Waals surface area contributed by atoms with Gasteiger partial charge in [0.25, 0.3) is 0 Å². The van der Waals surface area contributed by atoms with Gasteiger partial charge in [0.2, 0.25) is 0 Å². The molecule has 1 amide bonds. The van der Waals surface area contributed by atoms with Gasteiger partial charge in [0.15, 0.2) is 0 Å². The van der Waals surface area contributed by atoms with Crippen molar-refractivity contribution in [2.24, 2.45) is 0 Å². The predicted octanol–water partition coefficient (Wildman–Crippen LogP) is -0.619. The van der Waals surface area contributed by atoms with Crippen LogP contribution in [0.4, 0.5) is 4.79 Å². The molecule has 0 aliphatic carbocycles. The monoisotopic (exact) mass is 169 g/mol. The topological polar surface area (TPSA) is 64.6 Å². The molecular formula is C7H11N3O2. The molecule has 2 aliphatic rings. The summed E-state index contributed by atoms with van der Waals surface area (Å²) in [6, 6.07) is 0.134. The van der Waals surface area contributed by atoms with E-state index < -0.39 is 6.09 Å². The minimum absolute atomic E-state index is 0.0903. The average Bonchev–Trinajstić information content (AvgIpc) is 2.49. The van der Waals surface area contributed by atoms with Crippen LogP contribution in [0.25, 0.3) is 0 Å². The molecule has 2 heterocycles. The summed E-state index contributed by atoms with van der Waals surface area (Å²) in [7, 11) is 0. The molecule has 66 valence electrons. The lowest BCUT2D eigenvalue weighted by molar-refractivity contribution is 0.121. The van der Waals surface area contributed by atoms with Gasteiger partial charge in [-0.1, -0.05) is 12.2 Å². The zero-order chi connectivity index (χ0) is 8.55. The van der Waals surface area contributed by atoms with E-state index in [0.717, 1.165) is 0 Å². The SMILES string of the molecule is O=C(O)N1CC=CC2NCNC21. The number of hydrogen-bond acceptors (Lipinski definition) is 3. The van der Waals surface area contributed by atoms with E-state index in [-0.39, 0.29) is 12.2 Å². The Balaban J connectivity index is 2.16. The highest BCUT2D eigenvalue weighted by Crippen LogP contribution is 2.12. The van der Waals surface area contributed by atoms with Crippen LogP contribution in [0.15, 0.2) is 12.2 Å². The zero-order valence-corrected chi connectivity index (χ0v) is 6.53. The van der Waals surface area contributed by atoms with Crippen molar-refractivity contribution < 1.29 is 9.90 Å². The van der Waals surface area contributed by atoms with Gasteiger partial charge in [-0.3, -0.25) is 15.5 Å². The van der Waals surface area contributed by atoms with E-state index in [9.17, 15) is 4.79 Å². The van der Waals surface area contributed by atoms with Crippen molar-refractivity contribution in [2.75, 3.05) is 13.2 Å². The lowest BCUT2D eigenvalue weighted by atomic mass is 10.1. The number of carbonyl (C=O) groups is 1. The highest BCUT2D eigenvalue weighted by Gasteiger charge is 2.34. The molecule has 2 atom stereocenters. The number of nitrogens with one attached hydrogen (secondary N) is 2. The van der Waals surface area contributed by atoms with Crippen molar-refractivity contribution in [3.05, 3.63) is 12.2 Å². The van der Waals surface area contributed by atoms with Crippen molar-refractivity contribution in [1.82, 2.24) is 15.5 Å². The molecule has 0 aromatic rings. The molecule has 12 heavy (non-hydrogen) atoms. The Kier molecular flexibility index (Phi) is 1.74. The molecular weight excluding hydrogens is 158 g/mol. The Labute approximate surface area is 70.0 Å². The quantitative estimate of drug-likeness (QED) is 0.423. The molecule has 2 aliphatic heterocycles. The van der Waals surface area contributed by atoms with Crippen molar-refractivity contribution >= 4 is 6.09 Å². The average molecular weight is 169 g/mol. The first-order valence-electron chi connectivity index (χ1n) is 3.92. The Bertz CT molecular complexity index is 229. The molecule has 0 saturated carbocycles. The van der Waals surface area contributed by atoms with Gasteiger partial charge in [0.05, 0.1) is 6.04 Å². The van der Waals surface area contributed by atoms with Crippen LogP contribution in [0.2, 0.25) is 0 Å². The summed E-state index contributed by atoms with van der Waals surface area (Å²) in [5.41, 5.74) is 0. The third-order valence-electron chi connectivity index (χ3n) is 2.22. The zero-order valence-electron chi connectivity index (χ0n) is 6.53. The highest BCUT2D eigenvalue weighted by molar-refractivity contribution is 5.66. The molecule has 0 radical (unpaired) electrons. The molecule has 5 nitrogen and oxygen atoms in total. The number of carboxylic acid groups (broad SMARTS) is 1. The molecule has 1 saturated heterocycles. The number of fused-ring (bicyclic) bond motifs is 1. The molecule has 0 aromatic heterocycles. The fourth-order valence-electron chi connectivity index (χ4n) is 1.63. The third-order valence-corrected chi connectivity index (χ3v) is 2.22. The van der Waals surface area contributed by atoms with Crippen molar-refractivity contribution in [1.29, 1.82) is 0 Å². The molecule has 2 rings (SSSR count). The minimum Gasteiger partial charge on any atom is -0.465 e. The summed E-state index contributed by atoms with van der Waals surface area (Å²) in [4.78, 5) is 12.1. The van der Waals surface area contributed by atoms with Gasteiger partial charge in [-0.05, 0) is 0 Å². The Morgan fingerprint density at radius 2 is 2.42 bits per heavy atom. The maximum absolute atomic E-state index is 10.7. The van der Waals surface area contributed by atoms with E-state index >= 15 is 0 Å². The maximum atomic E-state index is 10.7. The van der Waals surface area contributed by atoms with Crippen LogP contribution in [0.1, 0.15) is 0 Å². The summed E-state index contributed by atoms with van der Waals surface area (Å²) < 4.78 is 0. The second kappa shape index (κ2) is 2.76. The number of amides is 1. The predicted molar refractivity (Wildman–Crippen MR) is 42.6 cm³/mol. The number of hydrogen-bond donors (Lipinski definition) is 3. The summed E-state index contributed by atoms with van der Waals surface area (Å²) >= 11 is 0. The van der Waals surface area contributed by atoms with Gasteiger partial charge < -0.3 is 5.11 Å². The molecule has 5 heteroatoms. The molecule has 0 bridgehead atoms. The van der Waals surface area contributed by atoms with Crippen LogP contribution in [-0.2, 0) is 0 Å². The third kappa shape index (κ3) is 1.07. The van der Waals surface area contributed by atoms with Crippen LogP contribution >= 0.6 is 0 Å². The second-order valence-corrected chi connectivity index (χ2v) is 2.92. The standard InChI is InChI=1S/C7H11N3O2/c11-7(12)10-3-1-2-5-6(10)9-4-8-5/h1-2,5-6,8-9H,3-4H2,(H,11,12). The van der Waals surface area contributed by atoms with Gasteiger partial charge in [-0.2, -0.15) is 0 Å². The summed E-state index contributed by atoms with van der Waals surface area (Å²) in [5.74, 6) is 0. The van der Waals surface area contributed by atoms with E-state index in [0.29, 0.717) is 13.2 Å². The Morgan fingerprint density at radius 1 is 1.58 bits per heavy atom. The van der Waals surface area contributed by atoms with Crippen molar-refractivity contribution in [3.8, 4) is 0 Å². The fourth-order valence-corrected chi connectivity index (χ4v) is 1.63. The Hall–Kier alpha value is -1.07. The normalized spacial score (nSPS) is 33.5. The first-order valence-corrected chi connectivity index (χ1v) is 3.92. The van der Waals surface area contributed by atoms with E-state index in [1.165, 1.54) is 4.90 Å². The Morgan fingerprint density at radius 3 is 3.17 bits per heavy atom. The first kappa shape index (κ1) is 7.57. The molecule has 0 aromatic carbocycles. The lowest BCUT2D eigenvalue weighted by Crippen LogP contribution is -2.52. The van der Waals surface area contributed by atoms with Crippen molar-refractivity contribution in [3.63, 3.8) is 0 Å². The van der Waals surface area contributed by atoms with Gasteiger partial charge in [0, 0.05) is 13.2 Å². The molecule has 2 unspecified atom stereocenters. The van der Waals surface area contributed by atoms with Gasteiger partial charge in [-0.25, -0.2) is 4.79 Å². The molecule has 1 fully saturated rings. The van der Waals surface area contributed by atoms with Gasteiger partial charge in [0.1, 0.15) is 6.17 Å². The van der Waals surface area contributed by atoms with Crippen LogP contribution in [0.3, 0.4) is 0 Å². The number of rotatable bonds is 0. The van der Waals surface area contributed by atoms with Gasteiger partial charge >= 0.3 is 6.09 Å². The minimum atomic E-state index is -0.870. The largest absolute Gasteiger partial charge is 0.465 e. The van der Waals surface area contributed by atoms with Crippen molar-refractivity contribution in [2.45, 2.75) is 12.2 Å². The number of nitrogens with zero attached hydrogens (tertiary/aromatic N) is 1. The first-order chi connectivity index (χ1) is 5.79. The summed E-state index contributed by atoms with van der Waals surface area (Å²) in [6.07, 6.45) is 2.91. The van der Waals surface area contributed by atoms with Crippen LogP contribution in [-0.4, -0.2) is 41.5 Å². The fraction of sp³-hybridized carbons (Fsp3) is 0.571. The maximum Gasteiger partial charge on any atom is 0.408 e. The van der Waals surface area contributed by atoms with Crippen LogP contribution in [0, 0.1) is 0 Å². The molecule has 0 spiro atoms. The summed E-state index contributed by atoms with van der Waals surface area (Å²) in [6.45, 7) is 1.15. The van der Waals surface area contributed by atoms with E-state index in [2.05, 4.69) is 10.6 Å². The van der Waals surface area contributed by atoms with Gasteiger partial charge in [-0.15, -0.1) is 0 Å². The smallest absolute Gasteiger partial charge is 0.408 e. The summed E-state index contributed by atoms with van der Waals surface area (Å²) in [5, 5.41) is 15.0. The lowest BCUT2D eigenvalue weighted by Gasteiger charge is -2.31. The highest BCUT2D eigenvalue weighted by atomic mass is 16.4. The van der Waals surface area contributed by atoms with Crippen LogP contribution < -0.4 is 10.6 Å². The molecule has 3 N–H and O–H groups in total.